The van der Waals surface area contributed by atoms with Gasteiger partial charge in [-0.3, -0.25) is 0 Å². The molecule has 0 aromatic carbocycles. The van der Waals surface area contributed by atoms with Crippen LogP contribution in [0.25, 0.3) is 0 Å². The number of hydrogen-bond donors (Lipinski definition) is 1. The summed E-state index contributed by atoms with van der Waals surface area (Å²) < 4.78 is 0. The lowest BCUT2D eigenvalue weighted by Gasteiger charge is -2.39. The highest BCUT2D eigenvalue weighted by Gasteiger charge is 2.32. The van der Waals surface area contributed by atoms with Gasteiger partial charge >= 0.3 is 0 Å². The Morgan fingerprint density at radius 1 is 1.18 bits per heavy atom. The molecule has 1 rings (SSSR count). The molecule has 2 N–H and O–H groups in total. The predicted octanol–water partition coefficient (Wildman–Crippen LogP) is 4.89. The fourth-order valence-corrected chi connectivity index (χ4v) is 2.91. The summed E-state index contributed by atoms with van der Waals surface area (Å²) in [5.74, 6) is 0.973. The van der Waals surface area contributed by atoms with E-state index in [4.69, 9.17) is 5.73 Å². The molecule has 0 aromatic heterocycles. The van der Waals surface area contributed by atoms with Crippen LogP contribution in [0.15, 0.2) is 0 Å². The van der Waals surface area contributed by atoms with Crippen LogP contribution in [0.2, 0.25) is 0 Å². The van der Waals surface area contributed by atoms with Crippen molar-refractivity contribution in [2.75, 3.05) is 0 Å². The van der Waals surface area contributed by atoms with Crippen LogP contribution in [-0.4, -0.2) is 5.54 Å². The van der Waals surface area contributed by atoms with Gasteiger partial charge in [0.1, 0.15) is 0 Å². The first-order valence-corrected chi connectivity index (χ1v) is 7.63. The van der Waals surface area contributed by atoms with Gasteiger partial charge in [-0.05, 0) is 49.9 Å². The van der Waals surface area contributed by atoms with Gasteiger partial charge in [0.15, 0.2) is 0 Å². The quantitative estimate of drug-likeness (QED) is 0.726. The van der Waals surface area contributed by atoms with Gasteiger partial charge in [-0.1, -0.05) is 47.0 Å². The highest BCUT2D eigenvalue weighted by molar-refractivity contribution is 4.90. The fourth-order valence-electron chi connectivity index (χ4n) is 2.91. The standard InChI is InChI=1S/C16H33N/c1-5-6-7-14-8-10-16(17,11-9-14)13-12-15(2,3)4/h14H,5-13,17H2,1-4H3. The van der Waals surface area contributed by atoms with Gasteiger partial charge in [0, 0.05) is 5.54 Å². The normalized spacial score (nSPS) is 30.5. The monoisotopic (exact) mass is 239 g/mol. The van der Waals surface area contributed by atoms with Crippen molar-refractivity contribution in [1.29, 1.82) is 0 Å². The average molecular weight is 239 g/mol. The van der Waals surface area contributed by atoms with Gasteiger partial charge in [0.2, 0.25) is 0 Å². The Bertz CT molecular complexity index is 206. The maximum Gasteiger partial charge on any atom is 0.0154 e. The van der Waals surface area contributed by atoms with Crippen LogP contribution in [0.5, 0.6) is 0 Å². The molecule has 0 bridgehead atoms. The van der Waals surface area contributed by atoms with Crippen LogP contribution < -0.4 is 5.73 Å². The second-order valence-electron chi connectivity index (χ2n) is 7.51. The first-order valence-electron chi connectivity index (χ1n) is 7.63. The zero-order valence-electron chi connectivity index (χ0n) is 12.5. The molecule has 0 unspecified atom stereocenters. The van der Waals surface area contributed by atoms with Crippen LogP contribution in [0, 0.1) is 11.3 Å². The minimum absolute atomic E-state index is 0.163. The van der Waals surface area contributed by atoms with Crippen molar-refractivity contribution in [3.63, 3.8) is 0 Å². The number of nitrogens with two attached hydrogens (primary N) is 1. The average Bonchev–Trinajstić information content (AvgIpc) is 2.25. The first-order chi connectivity index (χ1) is 7.85. The SMILES string of the molecule is CCCCC1CCC(N)(CCC(C)(C)C)CC1. The molecule has 1 saturated carbocycles. The minimum atomic E-state index is 0.163. The Morgan fingerprint density at radius 3 is 2.24 bits per heavy atom. The molecule has 1 aliphatic carbocycles. The molecule has 0 atom stereocenters. The lowest BCUT2D eigenvalue weighted by Crippen LogP contribution is -2.43. The largest absolute Gasteiger partial charge is 0.325 e. The molecule has 17 heavy (non-hydrogen) atoms. The molecule has 0 heterocycles. The minimum Gasteiger partial charge on any atom is -0.325 e. The second-order valence-corrected chi connectivity index (χ2v) is 7.51. The van der Waals surface area contributed by atoms with Crippen molar-refractivity contribution in [3.8, 4) is 0 Å². The Hall–Kier alpha value is -0.0400. The zero-order chi connectivity index (χ0) is 12.9. The van der Waals surface area contributed by atoms with Crippen LogP contribution >= 0.6 is 0 Å². The van der Waals surface area contributed by atoms with Crippen LogP contribution in [-0.2, 0) is 0 Å². The van der Waals surface area contributed by atoms with Crippen molar-refractivity contribution < 1.29 is 0 Å². The molecule has 0 amide bonds. The van der Waals surface area contributed by atoms with Gasteiger partial charge in [-0.2, -0.15) is 0 Å². The molecule has 1 heteroatoms. The smallest absolute Gasteiger partial charge is 0.0154 e. The third kappa shape index (κ3) is 5.90. The van der Waals surface area contributed by atoms with Crippen molar-refractivity contribution >= 4 is 0 Å². The zero-order valence-corrected chi connectivity index (χ0v) is 12.5. The molecule has 0 aromatic rings. The lowest BCUT2D eigenvalue weighted by molar-refractivity contribution is 0.189. The van der Waals surface area contributed by atoms with Gasteiger partial charge in [0.05, 0.1) is 0 Å². The molecule has 0 spiro atoms. The lowest BCUT2D eigenvalue weighted by atomic mass is 9.71. The van der Waals surface area contributed by atoms with E-state index in [-0.39, 0.29) is 5.54 Å². The Kier molecular flexibility index (Phi) is 5.50. The van der Waals surface area contributed by atoms with E-state index in [1.807, 2.05) is 0 Å². The van der Waals surface area contributed by atoms with Crippen LogP contribution in [0.1, 0.15) is 85.5 Å². The van der Waals surface area contributed by atoms with Gasteiger partial charge in [-0.25, -0.2) is 0 Å². The molecule has 1 aliphatic rings. The maximum atomic E-state index is 6.56. The molecule has 0 saturated heterocycles. The van der Waals surface area contributed by atoms with E-state index in [1.54, 1.807) is 0 Å². The maximum absolute atomic E-state index is 6.56. The molecular formula is C16H33N. The number of unbranched alkanes of at least 4 members (excludes halogenated alkanes) is 1. The summed E-state index contributed by atoms with van der Waals surface area (Å²) in [6, 6.07) is 0. The summed E-state index contributed by atoms with van der Waals surface area (Å²) in [6.45, 7) is 9.26. The first kappa shape index (κ1) is 15.0. The molecule has 1 nitrogen and oxygen atoms in total. The van der Waals surface area contributed by atoms with E-state index in [0.717, 1.165) is 5.92 Å². The van der Waals surface area contributed by atoms with Crippen molar-refractivity contribution in [1.82, 2.24) is 0 Å². The number of rotatable bonds is 5. The summed E-state index contributed by atoms with van der Waals surface area (Å²) in [7, 11) is 0. The Balaban J connectivity index is 2.28. The third-order valence-corrected chi connectivity index (χ3v) is 4.44. The van der Waals surface area contributed by atoms with Crippen molar-refractivity contribution in [3.05, 3.63) is 0 Å². The molecule has 102 valence electrons. The summed E-state index contributed by atoms with van der Waals surface area (Å²) >= 11 is 0. The Labute approximate surface area is 109 Å². The molecule has 0 radical (unpaired) electrons. The highest BCUT2D eigenvalue weighted by atomic mass is 14.7. The number of hydrogen-bond acceptors (Lipinski definition) is 1. The topological polar surface area (TPSA) is 26.0 Å². The second kappa shape index (κ2) is 6.22. The van der Waals surface area contributed by atoms with Gasteiger partial charge in [-0.15, -0.1) is 0 Å². The summed E-state index contributed by atoms with van der Waals surface area (Å²) in [4.78, 5) is 0. The van der Waals surface area contributed by atoms with Crippen LogP contribution in [0.4, 0.5) is 0 Å². The highest BCUT2D eigenvalue weighted by Crippen LogP contribution is 2.37. The van der Waals surface area contributed by atoms with Crippen molar-refractivity contribution in [2.45, 2.75) is 91.0 Å². The molecular weight excluding hydrogens is 206 g/mol. The van der Waals surface area contributed by atoms with E-state index < -0.39 is 0 Å². The van der Waals surface area contributed by atoms with Gasteiger partial charge < -0.3 is 5.73 Å². The molecule has 1 fully saturated rings. The predicted molar refractivity (Wildman–Crippen MR) is 77.1 cm³/mol. The van der Waals surface area contributed by atoms with Crippen LogP contribution in [0.3, 0.4) is 0 Å². The van der Waals surface area contributed by atoms with E-state index in [9.17, 15) is 0 Å². The summed E-state index contributed by atoms with van der Waals surface area (Å²) in [6.07, 6.45) is 11.9. The van der Waals surface area contributed by atoms with E-state index in [0.29, 0.717) is 5.41 Å². The Morgan fingerprint density at radius 2 is 1.76 bits per heavy atom. The van der Waals surface area contributed by atoms with Crippen molar-refractivity contribution in [2.24, 2.45) is 17.1 Å². The summed E-state index contributed by atoms with van der Waals surface area (Å²) in [5, 5.41) is 0. The van der Waals surface area contributed by atoms with E-state index in [1.165, 1.54) is 57.8 Å². The fraction of sp³-hybridized carbons (Fsp3) is 1.00. The van der Waals surface area contributed by atoms with E-state index in [2.05, 4.69) is 27.7 Å². The third-order valence-electron chi connectivity index (χ3n) is 4.44. The van der Waals surface area contributed by atoms with Gasteiger partial charge in [0.25, 0.3) is 0 Å². The summed E-state index contributed by atoms with van der Waals surface area (Å²) in [5.41, 5.74) is 7.16. The van der Waals surface area contributed by atoms with E-state index >= 15 is 0 Å². The molecule has 0 aliphatic heterocycles.